The van der Waals surface area contributed by atoms with Gasteiger partial charge in [0.25, 0.3) is 5.91 Å². The highest BCUT2D eigenvalue weighted by Gasteiger charge is 2.32. The van der Waals surface area contributed by atoms with E-state index in [0.717, 1.165) is 11.8 Å². The first kappa shape index (κ1) is 22.0. The van der Waals surface area contributed by atoms with Crippen LogP contribution < -0.4 is 0 Å². The molecule has 2 aromatic rings. The second-order valence-electron chi connectivity index (χ2n) is 6.33. The van der Waals surface area contributed by atoms with Crippen LogP contribution in [0.3, 0.4) is 0 Å². The van der Waals surface area contributed by atoms with E-state index in [-0.39, 0.29) is 12.5 Å². The van der Waals surface area contributed by atoms with Crippen LogP contribution in [0.2, 0.25) is 0 Å². The molecule has 3 rings (SSSR count). The van der Waals surface area contributed by atoms with Crippen LogP contribution in [-0.4, -0.2) is 45.1 Å². The fourth-order valence-corrected chi connectivity index (χ4v) is 3.89. The highest BCUT2D eigenvalue weighted by Crippen LogP contribution is 2.35. The van der Waals surface area contributed by atoms with Crippen molar-refractivity contribution >= 4 is 46.3 Å². The van der Waals surface area contributed by atoms with E-state index in [2.05, 4.69) is 4.99 Å². The zero-order valence-electron chi connectivity index (χ0n) is 16.8. The van der Waals surface area contributed by atoms with Gasteiger partial charge in [-0.25, -0.2) is 9.79 Å². The smallest absolute Gasteiger partial charge is 0.338 e. The number of nitrogens with zero attached hydrogens (tertiary/aromatic N) is 3. The summed E-state index contributed by atoms with van der Waals surface area (Å²) in [6, 6.07) is 10.5. The maximum atomic E-state index is 12.8. The quantitative estimate of drug-likeness (QED) is 0.310. The predicted octanol–water partition coefficient (Wildman–Crippen LogP) is 4.10. The third kappa shape index (κ3) is 4.92. The number of likely N-dealkylation sites (N-methyl/N-ethyl adjacent to an activating group) is 1. The summed E-state index contributed by atoms with van der Waals surface area (Å²) in [5.41, 5.74) is 0.804. The number of rotatable bonds is 6. The number of esters is 1. The summed E-state index contributed by atoms with van der Waals surface area (Å²) in [5.74, 6) is -1.19. The maximum absolute atomic E-state index is 12.8. The Hall–Kier alpha value is -3.66. The van der Waals surface area contributed by atoms with E-state index in [1.165, 1.54) is 29.2 Å². The van der Waals surface area contributed by atoms with Gasteiger partial charge in [0.15, 0.2) is 10.9 Å². The van der Waals surface area contributed by atoms with Gasteiger partial charge in [0, 0.05) is 12.6 Å². The molecule has 0 bridgehead atoms. The molecule has 0 aromatic heterocycles. The molecule has 1 aliphatic rings. The second kappa shape index (κ2) is 9.43. The lowest BCUT2D eigenvalue weighted by atomic mass is 10.1. The molecule has 1 saturated heterocycles. The number of thioether (sulfide) groups is 1. The molecule has 1 fully saturated rings. The van der Waals surface area contributed by atoms with Crippen LogP contribution in [0.1, 0.15) is 29.8 Å². The number of amides is 1. The van der Waals surface area contributed by atoms with Crippen molar-refractivity contribution in [2.24, 2.45) is 4.99 Å². The summed E-state index contributed by atoms with van der Waals surface area (Å²) in [5, 5.41) is 21.1. The lowest BCUT2D eigenvalue weighted by molar-refractivity contribution is -0.385. The number of phenols is 1. The number of carbonyl (C=O) groups excluding carboxylic acids is 2. The van der Waals surface area contributed by atoms with Crippen molar-refractivity contribution in [3.8, 4) is 5.75 Å². The summed E-state index contributed by atoms with van der Waals surface area (Å²) in [7, 11) is 0. The lowest BCUT2D eigenvalue weighted by Gasteiger charge is -2.12. The Morgan fingerprint density at radius 2 is 2.06 bits per heavy atom. The Morgan fingerprint density at radius 3 is 2.74 bits per heavy atom. The SMILES string of the molecule is CCOC(=O)c1cccc(N=C2SC(=Cc3ccc(O)c([N+](=O)[O-])c3)C(=O)N2CC)c1. The Bertz CT molecular complexity index is 1110. The summed E-state index contributed by atoms with van der Waals surface area (Å²) < 4.78 is 5.00. The third-order valence-electron chi connectivity index (χ3n) is 4.28. The highest BCUT2D eigenvalue weighted by molar-refractivity contribution is 8.18. The Labute approximate surface area is 182 Å². The van der Waals surface area contributed by atoms with Crippen molar-refractivity contribution in [1.29, 1.82) is 0 Å². The Kier molecular flexibility index (Phi) is 6.71. The molecule has 31 heavy (non-hydrogen) atoms. The van der Waals surface area contributed by atoms with Gasteiger partial charge in [0.05, 0.1) is 27.7 Å². The number of aromatic hydroxyl groups is 1. The molecule has 1 amide bonds. The van der Waals surface area contributed by atoms with Crippen molar-refractivity contribution < 1.29 is 24.4 Å². The molecular weight excluding hydrogens is 422 g/mol. The van der Waals surface area contributed by atoms with Crippen LogP contribution in [0.5, 0.6) is 5.75 Å². The standard InChI is InChI=1S/C21H19N3O6S/c1-3-23-19(26)18(11-13-8-9-17(25)16(10-13)24(28)29)31-21(23)22-15-7-5-6-14(12-15)20(27)30-4-2/h5-12,25H,3-4H2,1-2H3. The van der Waals surface area contributed by atoms with Gasteiger partial charge in [0.2, 0.25) is 0 Å². The van der Waals surface area contributed by atoms with Gasteiger partial charge in [-0.2, -0.15) is 0 Å². The van der Waals surface area contributed by atoms with Crippen molar-refractivity contribution in [2.45, 2.75) is 13.8 Å². The van der Waals surface area contributed by atoms with Gasteiger partial charge in [-0.1, -0.05) is 12.1 Å². The molecule has 0 spiro atoms. The molecule has 0 aliphatic carbocycles. The van der Waals surface area contributed by atoms with Crippen molar-refractivity contribution in [2.75, 3.05) is 13.2 Å². The van der Waals surface area contributed by atoms with Crippen molar-refractivity contribution in [3.05, 3.63) is 68.6 Å². The zero-order chi connectivity index (χ0) is 22.5. The summed E-state index contributed by atoms with van der Waals surface area (Å²) >= 11 is 1.12. The Morgan fingerprint density at radius 1 is 1.29 bits per heavy atom. The zero-order valence-corrected chi connectivity index (χ0v) is 17.6. The van der Waals surface area contributed by atoms with Gasteiger partial charge < -0.3 is 9.84 Å². The monoisotopic (exact) mass is 441 g/mol. The number of hydrogen-bond donors (Lipinski definition) is 1. The lowest BCUT2D eigenvalue weighted by Crippen LogP contribution is -2.28. The number of carbonyl (C=O) groups is 2. The number of phenolic OH excluding ortho intramolecular Hbond substituents is 1. The van der Waals surface area contributed by atoms with E-state index < -0.39 is 22.3 Å². The molecule has 0 unspecified atom stereocenters. The summed E-state index contributed by atoms with van der Waals surface area (Å²) in [6.07, 6.45) is 1.51. The van der Waals surface area contributed by atoms with Crippen molar-refractivity contribution in [1.82, 2.24) is 4.90 Å². The minimum Gasteiger partial charge on any atom is -0.502 e. The molecule has 160 valence electrons. The van der Waals surface area contributed by atoms with Gasteiger partial charge in [-0.15, -0.1) is 0 Å². The molecule has 1 N–H and O–H groups in total. The maximum Gasteiger partial charge on any atom is 0.338 e. The minimum atomic E-state index is -0.692. The Balaban J connectivity index is 1.93. The second-order valence-corrected chi connectivity index (χ2v) is 7.34. The van der Waals surface area contributed by atoms with Crippen LogP contribution in [0.4, 0.5) is 11.4 Å². The van der Waals surface area contributed by atoms with Crippen molar-refractivity contribution in [3.63, 3.8) is 0 Å². The normalized spacial score (nSPS) is 16.2. The third-order valence-corrected chi connectivity index (χ3v) is 5.29. The molecule has 0 saturated carbocycles. The number of ether oxygens (including phenoxy) is 1. The number of aliphatic imine (C=N–C) groups is 1. The van der Waals surface area contributed by atoms with E-state index >= 15 is 0 Å². The molecule has 0 atom stereocenters. The average molecular weight is 441 g/mol. The molecule has 0 radical (unpaired) electrons. The van der Waals surface area contributed by atoms with Gasteiger partial charge in [-0.3, -0.25) is 19.8 Å². The van der Waals surface area contributed by atoms with Crippen LogP contribution in [0, 0.1) is 10.1 Å². The first-order valence-corrected chi connectivity index (χ1v) is 10.2. The fraction of sp³-hybridized carbons (Fsp3) is 0.190. The topological polar surface area (TPSA) is 122 Å². The number of amidine groups is 1. The average Bonchev–Trinajstić information content (AvgIpc) is 3.03. The van der Waals surface area contributed by atoms with Gasteiger partial charge in [0.1, 0.15) is 0 Å². The van der Waals surface area contributed by atoms with E-state index in [0.29, 0.717) is 33.4 Å². The molecule has 1 aliphatic heterocycles. The van der Waals surface area contributed by atoms with Crippen LogP contribution in [0.25, 0.3) is 6.08 Å². The molecular formula is C21H19N3O6S. The molecule has 9 nitrogen and oxygen atoms in total. The minimum absolute atomic E-state index is 0.259. The van der Waals surface area contributed by atoms with E-state index in [9.17, 15) is 24.8 Å². The fourth-order valence-electron chi connectivity index (χ4n) is 2.83. The number of benzene rings is 2. The van der Waals surface area contributed by atoms with Crippen LogP contribution >= 0.6 is 11.8 Å². The van der Waals surface area contributed by atoms with E-state index in [1.54, 1.807) is 38.1 Å². The molecule has 2 aromatic carbocycles. The predicted molar refractivity (Wildman–Crippen MR) is 117 cm³/mol. The molecule has 1 heterocycles. The first-order valence-electron chi connectivity index (χ1n) is 9.38. The highest BCUT2D eigenvalue weighted by atomic mass is 32.2. The molecule has 10 heteroatoms. The van der Waals surface area contributed by atoms with E-state index in [1.807, 2.05) is 0 Å². The van der Waals surface area contributed by atoms with Crippen LogP contribution in [-0.2, 0) is 9.53 Å². The first-order chi connectivity index (χ1) is 14.8. The van der Waals surface area contributed by atoms with E-state index in [4.69, 9.17) is 4.74 Å². The summed E-state index contributed by atoms with van der Waals surface area (Å²) in [4.78, 5) is 41.4. The van der Waals surface area contributed by atoms with Gasteiger partial charge in [-0.05, 0) is 61.5 Å². The number of nitro groups is 1. The van der Waals surface area contributed by atoms with Crippen LogP contribution in [0.15, 0.2) is 52.4 Å². The van der Waals surface area contributed by atoms with Gasteiger partial charge >= 0.3 is 11.7 Å². The number of hydrogen-bond acceptors (Lipinski definition) is 8. The largest absolute Gasteiger partial charge is 0.502 e. The number of nitro benzene ring substituents is 1. The summed E-state index contributed by atoms with van der Waals surface area (Å²) in [6.45, 7) is 4.15.